The number of hydrogen-bond donors (Lipinski definition) is 2. The molecule has 1 aromatic carbocycles. The summed E-state index contributed by atoms with van der Waals surface area (Å²) in [6.45, 7) is 6.42. The third kappa shape index (κ3) is 4.91. The molecule has 2 aliphatic rings. The van der Waals surface area contributed by atoms with E-state index in [1.165, 1.54) is 30.4 Å². The van der Waals surface area contributed by atoms with Gasteiger partial charge in [0.2, 0.25) is 0 Å². The molecule has 3 rings (SSSR count). The van der Waals surface area contributed by atoms with Crippen molar-refractivity contribution in [2.75, 3.05) is 40.0 Å². The Balaban J connectivity index is 1.50. The van der Waals surface area contributed by atoms with E-state index in [9.17, 15) is 0 Å². The van der Waals surface area contributed by atoms with Crippen LogP contribution in [0.1, 0.15) is 43.7 Å². The van der Waals surface area contributed by atoms with Crippen LogP contribution >= 0.6 is 0 Å². The Labute approximate surface area is 157 Å². The quantitative estimate of drug-likeness (QED) is 0.526. The lowest BCUT2D eigenvalue weighted by molar-refractivity contribution is 0.0778. The van der Waals surface area contributed by atoms with Gasteiger partial charge in [-0.25, -0.2) is 0 Å². The maximum atomic E-state index is 5.58. The zero-order chi connectivity index (χ0) is 18.2. The van der Waals surface area contributed by atoms with Crippen LogP contribution in [0.5, 0.6) is 5.75 Å². The summed E-state index contributed by atoms with van der Waals surface area (Å²) in [7, 11) is 1.78. The van der Waals surface area contributed by atoms with Gasteiger partial charge in [0.05, 0.1) is 6.61 Å². The molecular formula is C21H33N3O2. The van der Waals surface area contributed by atoms with Crippen molar-refractivity contribution in [1.29, 1.82) is 0 Å². The second-order valence-corrected chi connectivity index (χ2v) is 7.51. The fourth-order valence-corrected chi connectivity index (χ4v) is 3.79. The molecular weight excluding hydrogens is 326 g/mol. The van der Waals surface area contributed by atoms with Crippen molar-refractivity contribution >= 4 is 5.96 Å². The summed E-state index contributed by atoms with van der Waals surface area (Å²) in [4.78, 5) is 4.87. The van der Waals surface area contributed by atoms with E-state index < -0.39 is 0 Å². The molecule has 144 valence electrons. The molecule has 5 nitrogen and oxygen atoms in total. The lowest BCUT2D eigenvalue weighted by atomic mass is 9.67. The van der Waals surface area contributed by atoms with Crippen LogP contribution in [-0.4, -0.2) is 45.9 Å². The van der Waals surface area contributed by atoms with Crippen molar-refractivity contribution in [3.8, 4) is 5.75 Å². The van der Waals surface area contributed by atoms with Gasteiger partial charge in [-0.15, -0.1) is 0 Å². The molecule has 0 amide bonds. The van der Waals surface area contributed by atoms with Gasteiger partial charge >= 0.3 is 0 Å². The van der Waals surface area contributed by atoms with Gasteiger partial charge in [0.25, 0.3) is 0 Å². The Kier molecular flexibility index (Phi) is 6.78. The van der Waals surface area contributed by atoms with Gasteiger partial charge in [-0.3, -0.25) is 4.99 Å². The van der Waals surface area contributed by atoms with E-state index in [1.807, 2.05) is 0 Å². The van der Waals surface area contributed by atoms with Gasteiger partial charge in [-0.1, -0.05) is 18.6 Å². The first-order chi connectivity index (χ1) is 12.7. The van der Waals surface area contributed by atoms with Crippen LogP contribution in [0.25, 0.3) is 0 Å². The van der Waals surface area contributed by atoms with Gasteiger partial charge in [-0.2, -0.15) is 0 Å². The standard InChI is InChI=1S/C21H33N3O2/c1-3-22-20(24-16-21(9-4-10-21)11-14-25-2)23-12-7-17-5-6-19-18(15-17)8-13-26-19/h5-6,15H,3-4,7-14,16H2,1-2H3,(H2,22,23,24). The van der Waals surface area contributed by atoms with E-state index in [0.29, 0.717) is 5.41 Å². The van der Waals surface area contributed by atoms with E-state index >= 15 is 0 Å². The monoisotopic (exact) mass is 359 g/mol. The van der Waals surface area contributed by atoms with Crippen molar-refractivity contribution in [3.05, 3.63) is 29.3 Å². The first kappa shape index (κ1) is 19.0. The Morgan fingerprint density at radius 3 is 2.92 bits per heavy atom. The van der Waals surface area contributed by atoms with Crippen molar-refractivity contribution in [2.24, 2.45) is 10.4 Å². The number of guanidine groups is 1. The molecule has 1 saturated carbocycles. The smallest absolute Gasteiger partial charge is 0.191 e. The van der Waals surface area contributed by atoms with Crippen molar-refractivity contribution in [1.82, 2.24) is 10.6 Å². The number of rotatable bonds is 9. The first-order valence-corrected chi connectivity index (χ1v) is 10.0. The Morgan fingerprint density at radius 2 is 2.19 bits per heavy atom. The minimum absolute atomic E-state index is 0.359. The Morgan fingerprint density at radius 1 is 1.31 bits per heavy atom. The van der Waals surface area contributed by atoms with E-state index in [4.69, 9.17) is 14.5 Å². The zero-order valence-corrected chi connectivity index (χ0v) is 16.3. The zero-order valence-electron chi connectivity index (χ0n) is 16.3. The van der Waals surface area contributed by atoms with Crippen LogP contribution in [0.3, 0.4) is 0 Å². The minimum Gasteiger partial charge on any atom is -0.493 e. The molecule has 1 aliphatic carbocycles. The molecule has 2 N–H and O–H groups in total. The fourth-order valence-electron chi connectivity index (χ4n) is 3.79. The molecule has 0 unspecified atom stereocenters. The molecule has 1 heterocycles. The molecule has 0 aromatic heterocycles. The molecule has 1 aromatic rings. The molecule has 1 fully saturated rings. The molecule has 0 radical (unpaired) electrons. The van der Waals surface area contributed by atoms with Crippen LogP contribution in [0.4, 0.5) is 0 Å². The Bertz CT molecular complexity index is 611. The number of nitrogens with zero attached hydrogens (tertiary/aromatic N) is 1. The summed E-state index contributed by atoms with van der Waals surface area (Å²) < 4.78 is 10.9. The third-order valence-electron chi connectivity index (χ3n) is 5.63. The molecule has 26 heavy (non-hydrogen) atoms. The fraction of sp³-hybridized carbons (Fsp3) is 0.667. The number of aliphatic imine (C=N–C) groups is 1. The third-order valence-corrected chi connectivity index (χ3v) is 5.63. The average molecular weight is 360 g/mol. The number of nitrogens with one attached hydrogen (secondary N) is 2. The van der Waals surface area contributed by atoms with Crippen molar-refractivity contribution < 1.29 is 9.47 Å². The summed E-state index contributed by atoms with van der Waals surface area (Å²) in [6, 6.07) is 6.55. The van der Waals surface area contributed by atoms with E-state index in [-0.39, 0.29) is 0 Å². The Hall–Kier alpha value is -1.75. The lowest BCUT2D eigenvalue weighted by Gasteiger charge is -2.40. The number of benzene rings is 1. The van der Waals surface area contributed by atoms with Gasteiger partial charge in [-0.05, 0) is 55.2 Å². The van der Waals surface area contributed by atoms with E-state index in [2.05, 4.69) is 35.8 Å². The summed E-state index contributed by atoms with van der Waals surface area (Å²) in [5.74, 6) is 1.99. The molecule has 0 bridgehead atoms. The summed E-state index contributed by atoms with van der Waals surface area (Å²) in [6.07, 6.45) is 7.01. The number of ether oxygens (including phenoxy) is 2. The predicted molar refractivity (Wildman–Crippen MR) is 106 cm³/mol. The summed E-state index contributed by atoms with van der Waals surface area (Å²) in [5.41, 5.74) is 3.06. The molecule has 0 atom stereocenters. The molecule has 5 heteroatoms. The summed E-state index contributed by atoms with van der Waals surface area (Å²) in [5, 5.41) is 6.87. The molecule has 0 saturated heterocycles. The second-order valence-electron chi connectivity index (χ2n) is 7.51. The number of methoxy groups -OCH3 is 1. The largest absolute Gasteiger partial charge is 0.493 e. The molecule has 1 aliphatic heterocycles. The number of fused-ring (bicyclic) bond motifs is 1. The van der Waals surface area contributed by atoms with Crippen LogP contribution < -0.4 is 15.4 Å². The van der Waals surface area contributed by atoms with Crippen LogP contribution in [0.15, 0.2) is 23.2 Å². The van der Waals surface area contributed by atoms with Gasteiger partial charge in [0.15, 0.2) is 5.96 Å². The SMILES string of the molecule is CCNC(=NCC1(CCOC)CCC1)NCCc1ccc2c(c1)CCO2. The maximum absolute atomic E-state index is 5.58. The normalized spacial score (nSPS) is 18.0. The van der Waals surface area contributed by atoms with E-state index in [0.717, 1.165) is 63.8 Å². The maximum Gasteiger partial charge on any atom is 0.191 e. The van der Waals surface area contributed by atoms with Gasteiger partial charge in [0.1, 0.15) is 5.75 Å². The lowest BCUT2D eigenvalue weighted by Crippen LogP contribution is -2.41. The second kappa shape index (κ2) is 9.26. The highest BCUT2D eigenvalue weighted by Crippen LogP contribution is 2.44. The highest BCUT2D eigenvalue weighted by Gasteiger charge is 2.36. The van der Waals surface area contributed by atoms with Gasteiger partial charge in [0, 0.05) is 39.8 Å². The van der Waals surface area contributed by atoms with Gasteiger partial charge < -0.3 is 20.1 Å². The van der Waals surface area contributed by atoms with Crippen molar-refractivity contribution in [3.63, 3.8) is 0 Å². The number of hydrogen-bond acceptors (Lipinski definition) is 3. The van der Waals surface area contributed by atoms with Crippen LogP contribution in [0, 0.1) is 5.41 Å². The molecule has 0 spiro atoms. The first-order valence-electron chi connectivity index (χ1n) is 10.0. The van der Waals surface area contributed by atoms with E-state index in [1.54, 1.807) is 7.11 Å². The minimum atomic E-state index is 0.359. The van der Waals surface area contributed by atoms with Crippen molar-refractivity contribution in [2.45, 2.75) is 45.4 Å². The van der Waals surface area contributed by atoms with Crippen LogP contribution in [-0.2, 0) is 17.6 Å². The predicted octanol–water partition coefficient (Wildman–Crippen LogP) is 2.93. The highest BCUT2D eigenvalue weighted by atomic mass is 16.5. The summed E-state index contributed by atoms with van der Waals surface area (Å²) >= 11 is 0. The average Bonchev–Trinajstić information content (AvgIpc) is 3.08. The topological polar surface area (TPSA) is 54.9 Å². The highest BCUT2D eigenvalue weighted by molar-refractivity contribution is 5.79. The van der Waals surface area contributed by atoms with Crippen LogP contribution in [0.2, 0.25) is 0 Å².